The molecule has 0 fully saturated rings. The number of hydrogen-bond donors (Lipinski definition) is 1. The van der Waals surface area contributed by atoms with Gasteiger partial charge in [0.1, 0.15) is 0 Å². The predicted molar refractivity (Wildman–Crippen MR) is 36.5 cm³/mol. The number of nitrogens with zero attached hydrogens (tertiary/aromatic N) is 1. The lowest BCUT2D eigenvalue weighted by Crippen LogP contribution is -3.00. The average Bonchev–Trinajstić information content (AvgIpc) is 1.62. The second kappa shape index (κ2) is 4.90. The molecule has 0 unspecified atom stereocenters. The zero-order chi connectivity index (χ0) is 7.49. The third-order valence-electron chi connectivity index (χ3n) is 0.781. The van der Waals surface area contributed by atoms with Crippen LogP contribution in [0.25, 0.3) is 0 Å². The second-order valence-electron chi connectivity index (χ2n) is 2.90. The summed E-state index contributed by atoms with van der Waals surface area (Å²) in [6.07, 6.45) is 0.551. The SMILES string of the molecule is CCC(=O)N[N+](C)(C)C.[I-]. The van der Waals surface area contributed by atoms with Gasteiger partial charge in [-0.2, -0.15) is 0 Å². The van der Waals surface area contributed by atoms with Crippen molar-refractivity contribution in [3.05, 3.63) is 0 Å². The normalized spacial score (nSPS) is 10.0. The lowest BCUT2D eigenvalue weighted by molar-refractivity contribution is -0.906. The Balaban J connectivity index is 0. The highest BCUT2D eigenvalue weighted by atomic mass is 127. The lowest BCUT2D eigenvalue weighted by Gasteiger charge is -2.22. The van der Waals surface area contributed by atoms with Crippen LogP contribution in [0, 0.1) is 0 Å². The van der Waals surface area contributed by atoms with E-state index in [2.05, 4.69) is 5.43 Å². The van der Waals surface area contributed by atoms with Gasteiger partial charge in [0.2, 0.25) is 0 Å². The molecule has 0 saturated heterocycles. The van der Waals surface area contributed by atoms with Crippen molar-refractivity contribution in [1.82, 2.24) is 5.43 Å². The van der Waals surface area contributed by atoms with E-state index < -0.39 is 0 Å². The summed E-state index contributed by atoms with van der Waals surface area (Å²) in [6, 6.07) is 0. The summed E-state index contributed by atoms with van der Waals surface area (Å²) in [4.78, 5) is 10.7. The van der Waals surface area contributed by atoms with Crippen LogP contribution in [-0.4, -0.2) is 31.6 Å². The molecule has 0 radical (unpaired) electrons. The summed E-state index contributed by atoms with van der Waals surface area (Å²) in [5, 5.41) is 0. The van der Waals surface area contributed by atoms with Crippen molar-refractivity contribution < 1.29 is 33.4 Å². The Kier molecular flexibility index (Phi) is 6.27. The predicted octanol–water partition coefficient (Wildman–Crippen LogP) is -2.86. The van der Waals surface area contributed by atoms with E-state index >= 15 is 0 Å². The summed E-state index contributed by atoms with van der Waals surface area (Å²) in [5.74, 6) is 0.0856. The molecule has 62 valence electrons. The van der Waals surface area contributed by atoms with Gasteiger partial charge >= 0.3 is 0 Å². The molecule has 0 heterocycles. The maximum absolute atomic E-state index is 10.7. The third-order valence-corrected chi connectivity index (χ3v) is 0.781. The van der Waals surface area contributed by atoms with Crippen molar-refractivity contribution in [2.75, 3.05) is 21.1 Å². The Morgan fingerprint density at radius 1 is 1.40 bits per heavy atom. The van der Waals surface area contributed by atoms with Gasteiger partial charge in [0.15, 0.2) is 0 Å². The summed E-state index contributed by atoms with van der Waals surface area (Å²) < 4.78 is 0.493. The Labute approximate surface area is 79.4 Å². The van der Waals surface area contributed by atoms with Gasteiger partial charge in [-0.15, -0.1) is 0 Å². The molecule has 0 aliphatic rings. The van der Waals surface area contributed by atoms with Gasteiger partial charge in [0, 0.05) is 6.42 Å². The van der Waals surface area contributed by atoms with E-state index in [0.717, 1.165) is 0 Å². The maximum atomic E-state index is 10.7. The van der Waals surface area contributed by atoms with E-state index in [4.69, 9.17) is 0 Å². The van der Waals surface area contributed by atoms with E-state index in [9.17, 15) is 4.79 Å². The first kappa shape index (κ1) is 12.8. The first-order valence-electron chi connectivity index (χ1n) is 3.08. The van der Waals surface area contributed by atoms with Crippen molar-refractivity contribution in [3.8, 4) is 0 Å². The Hall–Kier alpha value is 0.160. The Bertz CT molecular complexity index is 109. The molecule has 3 nitrogen and oxygen atoms in total. The van der Waals surface area contributed by atoms with Crippen molar-refractivity contribution in [2.45, 2.75) is 13.3 Å². The average molecular weight is 258 g/mol. The fourth-order valence-electron chi connectivity index (χ4n) is 0.453. The van der Waals surface area contributed by atoms with Crippen LogP contribution in [0.5, 0.6) is 0 Å². The molecule has 0 atom stereocenters. The molecule has 0 aliphatic heterocycles. The molecule has 4 heteroatoms. The molecule has 1 N–H and O–H groups in total. The van der Waals surface area contributed by atoms with Crippen molar-refractivity contribution in [1.29, 1.82) is 0 Å². The van der Waals surface area contributed by atoms with Crippen LogP contribution in [0.2, 0.25) is 0 Å². The van der Waals surface area contributed by atoms with E-state index in [-0.39, 0.29) is 29.9 Å². The molecule has 0 aromatic rings. The van der Waals surface area contributed by atoms with Crippen LogP contribution in [0.15, 0.2) is 0 Å². The van der Waals surface area contributed by atoms with Crippen molar-refractivity contribution in [3.63, 3.8) is 0 Å². The largest absolute Gasteiger partial charge is 1.00 e. The second-order valence-corrected chi connectivity index (χ2v) is 2.90. The minimum absolute atomic E-state index is 0. The van der Waals surface area contributed by atoms with Gasteiger partial charge < -0.3 is 24.0 Å². The van der Waals surface area contributed by atoms with Crippen molar-refractivity contribution >= 4 is 5.91 Å². The maximum Gasteiger partial charge on any atom is 0.264 e. The van der Waals surface area contributed by atoms with E-state index in [0.29, 0.717) is 11.0 Å². The van der Waals surface area contributed by atoms with Crippen LogP contribution in [0.1, 0.15) is 13.3 Å². The molecule has 0 rings (SSSR count). The molecule has 0 aliphatic carbocycles. The molecule has 10 heavy (non-hydrogen) atoms. The number of hydrogen-bond acceptors (Lipinski definition) is 1. The Morgan fingerprint density at radius 2 is 1.80 bits per heavy atom. The quantitative estimate of drug-likeness (QED) is 0.322. The summed E-state index contributed by atoms with van der Waals surface area (Å²) >= 11 is 0. The fourth-order valence-corrected chi connectivity index (χ4v) is 0.453. The number of halogens is 1. The number of nitrogens with one attached hydrogen (secondary N) is 1. The zero-order valence-electron chi connectivity index (χ0n) is 6.94. The monoisotopic (exact) mass is 258 g/mol. The third kappa shape index (κ3) is 8.16. The van der Waals surface area contributed by atoms with Gasteiger partial charge in [-0.25, -0.2) is 10.0 Å². The minimum atomic E-state index is 0. The van der Waals surface area contributed by atoms with Crippen LogP contribution in [0.3, 0.4) is 0 Å². The molecule has 0 aromatic heterocycles. The fraction of sp³-hybridized carbons (Fsp3) is 0.833. The molecule has 0 bridgehead atoms. The van der Waals surface area contributed by atoms with Gasteiger partial charge in [-0.05, 0) is 0 Å². The zero-order valence-corrected chi connectivity index (χ0v) is 9.10. The van der Waals surface area contributed by atoms with Crippen LogP contribution in [-0.2, 0) is 4.79 Å². The topological polar surface area (TPSA) is 29.1 Å². The smallest absolute Gasteiger partial charge is 0.264 e. The van der Waals surface area contributed by atoms with Gasteiger partial charge in [0.05, 0.1) is 21.1 Å². The standard InChI is InChI=1S/C6H14N2O.HI/c1-5-6(9)7-8(2,3)4;/h5H2,1-4H3;1H. The number of quaternary nitrogens is 1. The van der Waals surface area contributed by atoms with Crippen molar-refractivity contribution in [2.24, 2.45) is 0 Å². The highest BCUT2D eigenvalue weighted by Gasteiger charge is 2.08. The van der Waals surface area contributed by atoms with Crippen LogP contribution >= 0.6 is 0 Å². The van der Waals surface area contributed by atoms with Crippen LogP contribution < -0.4 is 29.4 Å². The lowest BCUT2D eigenvalue weighted by atomic mass is 10.5. The minimum Gasteiger partial charge on any atom is -1.00 e. The number of amides is 1. The highest BCUT2D eigenvalue weighted by Crippen LogP contribution is 1.83. The highest BCUT2D eigenvalue weighted by molar-refractivity contribution is 5.74. The molecule has 0 saturated carbocycles. The first-order valence-corrected chi connectivity index (χ1v) is 3.08. The molecule has 0 aromatic carbocycles. The van der Waals surface area contributed by atoms with Crippen LogP contribution in [0.4, 0.5) is 0 Å². The Morgan fingerprint density at radius 3 is 1.90 bits per heavy atom. The molecule has 0 spiro atoms. The van der Waals surface area contributed by atoms with Gasteiger partial charge in [0.25, 0.3) is 5.91 Å². The number of rotatable bonds is 2. The van der Waals surface area contributed by atoms with Gasteiger partial charge in [-0.3, -0.25) is 4.79 Å². The molecule has 1 amide bonds. The molecular weight excluding hydrogens is 243 g/mol. The number of carbonyl (C=O) groups excluding carboxylic acids is 1. The number of carbonyl (C=O) groups is 1. The molecular formula is C6H15IN2O. The van der Waals surface area contributed by atoms with Gasteiger partial charge in [-0.1, -0.05) is 6.92 Å². The summed E-state index contributed by atoms with van der Waals surface area (Å²) in [5.41, 5.74) is 2.77. The van der Waals surface area contributed by atoms with E-state index in [1.54, 1.807) is 0 Å². The first-order chi connectivity index (χ1) is 3.95. The van der Waals surface area contributed by atoms with E-state index in [1.165, 1.54) is 0 Å². The summed E-state index contributed by atoms with van der Waals surface area (Å²) in [7, 11) is 5.73. The van der Waals surface area contributed by atoms with E-state index in [1.807, 2.05) is 28.1 Å². The summed E-state index contributed by atoms with van der Waals surface area (Å²) in [6.45, 7) is 1.84.